The quantitative estimate of drug-likeness (QED) is 0.702. The smallest absolute Gasteiger partial charge is 0.225 e. The van der Waals surface area contributed by atoms with E-state index < -0.39 is 0 Å². The molecule has 1 saturated heterocycles. The fraction of sp³-hybridized carbons (Fsp3) is 0.263. The van der Waals surface area contributed by atoms with Crippen LogP contribution in [-0.4, -0.2) is 39.0 Å². The monoisotopic (exact) mass is 366 g/mol. The van der Waals surface area contributed by atoms with Crippen molar-refractivity contribution in [2.45, 2.75) is 19.4 Å². The van der Waals surface area contributed by atoms with E-state index in [9.17, 15) is 4.39 Å². The molecule has 1 aliphatic heterocycles. The van der Waals surface area contributed by atoms with Crippen molar-refractivity contribution in [1.82, 2.24) is 20.2 Å². The molecule has 0 atom stereocenters. The Hall–Kier alpha value is -3.29. The summed E-state index contributed by atoms with van der Waals surface area (Å²) >= 11 is 0. The van der Waals surface area contributed by atoms with E-state index in [4.69, 9.17) is 4.84 Å². The molecule has 1 aromatic carbocycles. The third-order valence-electron chi connectivity index (χ3n) is 4.42. The van der Waals surface area contributed by atoms with Crippen LogP contribution in [0.25, 0.3) is 11.1 Å². The molecule has 8 heteroatoms. The molecule has 2 aromatic heterocycles. The van der Waals surface area contributed by atoms with Gasteiger partial charge in [0.25, 0.3) is 0 Å². The summed E-state index contributed by atoms with van der Waals surface area (Å²) in [5.41, 5.74) is 3.09. The number of benzene rings is 1. The Morgan fingerprint density at radius 2 is 1.89 bits per heavy atom. The molecule has 1 aliphatic rings. The zero-order valence-corrected chi connectivity index (χ0v) is 14.7. The van der Waals surface area contributed by atoms with Gasteiger partial charge in [-0.25, -0.2) is 14.4 Å². The van der Waals surface area contributed by atoms with Gasteiger partial charge in [0.05, 0.1) is 11.4 Å². The van der Waals surface area contributed by atoms with Gasteiger partial charge in [-0.3, -0.25) is 5.10 Å². The Morgan fingerprint density at radius 3 is 2.59 bits per heavy atom. The van der Waals surface area contributed by atoms with Crippen LogP contribution in [0.1, 0.15) is 18.5 Å². The van der Waals surface area contributed by atoms with Crippen molar-refractivity contribution >= 4 is 11.7 Å². The highest BCUT2D eigenvalue weighted by Gasteiger charge is 2.18. The first-order valence-corrected chi connectivity index (χ1v) is 8.77. The van der Waals surface area contributed by atoms with Gasteiger partial charge in [0.1, 0.15) is 5.82 Å². The summed E-state index contributed by atoms with van der Waals surface area (Å²) in [4.78, 5) is 16.3. The summed E-state index contributed by atoms with van der Waals surface area (Å²) in [7, 11) is 0. The first kappa shape index (κ1) is 17.1. The summed E-state index contributed by atoms with van der Waals surface area (Å²) < 4.78 is 13.9. The molecule has 1 fully saturated rings. The number of piperidine rings is 1. The molecule has 0 spiro atoms. The Morgan fingerprint density at radius 1 is 1.11 bits per heavy atom. The summed E-state index contributed by atoms with van der Waals surface area (Å²) in [5, 5.41) is 10.9. The third kappa shape index (κ3) is 4.11. The molecular weight excluding hydrogens is 347 g/mol. The number of rotatable bonds is 5. The van der Waals surface area contributed by atoms with Crippen molar-refractivity contribution in [2.75, 3.05) is 18.0 Å². The van der Waals surface area contributed by atoms with Gasteiger partial charge in [0.2, 0.25) is 5.95 Å². The van der Waals surface area contributed by atoms with E-state index in [0.717, 1.165) is 37.3 Å². The van der Waals surface area contributed by atoms with Crippen LogP contribution in [0.4, 0.5) is 10.3 Å². The maximum atomic E-state index is 13.9. The second kappa shape index (κ2) is 7.94. The number of oxime groups is 1. The molecule has 0 unspecified atom stereocenters. The predicted octanol–water partition coefficient (Wildman–Crippen LogP) is 3.18. The summed E-state index contributed by atoms with van der Waals surface area (Å²) in [6, 6.07) is 8.47. The SMILES string of the molecule is Fc1ccccc1-c1cnc(N2CCC(=NOCc3ccn[nH]3)CC2)nc1. The van der Waals surface area contributed by atoms with Gasteiger partial charge in [0.15, 0.2) is 6.61 Å². The Labute approximate surface area is 155 Å². The van der Waals surface area contributed by atoms with Crippen LogP contribution >= 0.6 is 0 Å². The minimum atomic E-state index is -0.275. The molecule has 3 aromatic rings. The maximum absolute atomic E-state index is 13.9. The lowest BCUT2D eigenvalue weighted by atomic mass is 10.1. The lowest BCUT2D eigenvalue weighted by molar-refractivity contribution is 0.126. The minimum Gasteiger partial charge on any atom is -0.389 e. The number of hydrogen-bond acceptors (Lipinski definition) is 6. The summed E-state index contributed by atoms with van der Waals surface area (Å²) in [5.74, 6) is 0.371. The van der Waals surface area contributed by atoms with Crippen LogP contribution < -0.4 is 4.90 Å². The van der Waals surface area contributed by atoms with Gasteiger partial charge in [0, 0.05) is 55.6 Å². The lowest BCUT2D eigenvalue weighted by Crippen LogP contribution is -2.35. The minimum absolute atomic E-state index is 0.275. The lowest BCUT2D eigenvalue weighted by Gasteiger charge is -2.27. The predicted molar refractivity (Wildman–Crippen MR) is 99.7 cm³/mol. The molecule has 1 N–H and O–H groups in total. The van der Waals surface area contributed by atoms with Gasteiger partial charge < -0.3 is 9.74 Å². The third-order valence-corrected chi connectivity index (χ3v) is 4.42. The molecule has 27 heavy (non-hydrogen) atoms. The van der Waals surface area contributed by atoms with Crippen molar-refractivity contribution in [1.29, 1.82) is 0 Å². The van der Waals surface area contributed by atoms with Crippen LogP contribution in [0.5, 0.6) is 0 Å². The van der Waals surface area contributed by atoms with E-state index in [1.807, 2.05) is 6.07 Å². The highest BCUT2D eigenvalue weighted by Crippen LogP contribution is 2.22. The zero-order valence-electron chi connectivity index (χ0n) is 14.7. The number of nitrogens with zero attached hydrogens (tertiary/aromatic N) is 5. The van der Waals surface area contributed by atoms with E-state index in [-0.39, 0.29) is 5.82 Å². The Balaban J connectivity index is 1.33. The van der Waals surface area contributed by atoms with Crippen molar-refractivity contribution in [3.8, 4) is 11.1 Å². The van der Waals surface area contributed by atoms with E-state index >= 15 is 0 Å². The van der Waals surface area contributed by atoms with Gasteiger partial charge >= 0.3 is 0 Å². The van der Waals surface area contributed by atoms with Gasteiger partial charge in [-0.1, -0.05) is 23.4 Å². The zero-order chi connectivity index (χ0) is 18.5. The standard InChI is InChI=1S/C19H19FN6O/c20-18-4-2-1-3-17(18)14-11-21-19(22-12-14)26-9-6-15(7-10-26)25-27-13-16-5-8-23-24-16/h1-5,8,11-12H,6-7,9-10,13H2,(H,23,24). The topological polar surface area (TPSA) is 79.3 Å². The Kier molecular flexibility index (Phi) is 5.04. The molecule has 3 heterocycles. The second-order valence-corrected chi connectivity index (χ2v) is 6.25. The van der Waals surface area contributed by atoms with Gasteiger partial charge in [-0.15, -0.1) is 0 Å². The molecule has 138 valence electrons. The Bertz CT molecular complexity index is 900. The molecule has 4 rings (SSSR count). The number of nitrogens with one attached hydrogen (secondary N) is 1. The molecule has 0 bridgehead atoms. The van der Waals surface area contributed by atoms with Crippen molar-refractivity contribution in [2.24, 2.45) is 5.16 Å². The van der Waals surface area contributed by atoms with Crippen molar-refractivity contribution < 1.29 is 9.23 Å². The average Bonchev–Trinajstić information content (AvgIpc) is 3.23. The normalized spacial score (nSPS) is 14.3. The second-order valence-electron chi connectivity index (χ2n) is 6.25. The molecule has 0 saturated carbocycles. The number of halogens is 1. The number of H-pyrrole nitrogens is 1. The molecule has 0 aliphatic carbocycles. The van der Waals surface area contributed by atoms with Gasteiger partial charge in [-0.2, -0.15) is 5.10 Å². The molecule has 7 nitrogen and oxygen atoms in total. The number of hydrogen-bond donors (Lipinski definition) is 1. The number of anilines is 1. The molecular formula is C19H19FN6O. The van der Waals surface area contributed by atoms with Crippen molar-refractivity contribution in [3.63, 3.8) is 0 Å². The van der Waals surface area contributed by atoms with E-state index in [1.165, 1.54) is 6.07 Å². The van der Waals surface area contributed by atoms with Crippen molar-refractivity contribution in [3.05, 3.63) is 60.4 Å². The highest BCUT2D eigenvalue weighted by atomic mass is 19.1. The van der Waals surface area contributed by atoms with Crippen LogP contribution in [0.3, 0.4) is 0 Å². The summed E-state index contributed by atoms with van der Waals surface area (Å²) in [6.07, 6.45) is 6.60. The number of aromatic amines is 1. The summed E-state index contributed by atoms with van der Waals surface area (Å²) in [6.45, 7) is 1.92. The van der Waals surface area contributed by atoms with E-state index in [0.29, 0.717) is 23.7 Å². The first-order chi connectivity index (χ1) is 13.3. The first-order valence-electron chi connectivity index (χ1n) is 8.77. The fourth-order valence-electron chi connectivity index (χ4n) is 2.93. The van der Waals surface area contributed by atoms with Crippen LogP contribution in [0.15, 0.2) is 54.1 Å². The fourth-order valence-corrected chi connectivity index (χ4v) is 2.93. The van der Waals surface area contributed by atoms with E-state index in [1.54, 1.807) is 36.8 Å². The largest absolute Gasteiger partial charge is 0.389 e. The van der Waals surface area contributed by atoms with Crippen LogP contribution in [0, 0.1) is 5.82 Å². The van der Waals surface area contributed by atoms with Crippen LogP contribution in [0.2, 0.25) is 0 Å². The molecule has 0 amide bonds. The highest BCUT2D eigenvalue weighted by molar-refractivity contribution is 5.86. The van der Waals surface area contributed by atoms with E-state index in [2.05, 4.69) is 30.2 Å². The molecule has 0 radical (unpaired) electrons. The average molecular weight is 366 g/mol. The van der Waals surface area contributed by atoms with Crippen LogP contribution in [-0.2, 0) is 11.4 Å². The van der Waals surface area contributed by atoms with Gasteiger partial charge in [-0.05, 0) is 12.1 Å². The maximum Gasteiger partial charge on any atom is 0.225 e. The number of aromatic nitrogens is 4.